The van der Waals surface area contributed by atoms with E-state index in [1.165, 1.54) is 11.1 Å². The number of benzene rings is 1. The standard InChI is InChI=1S/C39H52N6O8S/c1-22(24-9-11-25(12-10-24)33-23(2)41-21-54-33)42-35(48)30-17-27(46)19-45(30)36(49)34(38(3,4)5)44-31(47)20-51-28-13-14-32(40-18-28)52-29-15-26(16-29)43-37(50)53-39(6,7)8/h9-14,18,21-22,26-27,29-30,34,46H,15-17,19-20H2,1-8H3,(H,42,48)(H,43,50)(H,44,47)/t22-,26-,27+,29+,30-,34+/m0/s1. The van der Waals surface area contributed by atoms with Crippen LogP contribution in [0.4, 0.5) is 4.79 Å². The van der Waals surface area contributed by atoms with Crippen molar-refractivity contribution in [2.45, 2.75) is 117 Å². The van der Waals surface area contributed by atoms with Gasteiger partial charge in [-0.25, -0.2) is 14.8 Å². The molecule has 1 saturated carbocycles. The van der Waals surface area contributed by atoms with Gasteiger partial charge >= 0.3 is 6.09 Å². The summed E-state index contributed by atoms with van der Waals surface area (Å²) in [4.78, 5) is 63.7. The molecule has 3 heterocycles. The Labute approximate surface area is 320 Å². The van der Waals surface area contributed by atoms with Crippen molar-refractivity contribution in [1.82, 2.24) is 30.8 Å². The molecule has 54 heavy (non-hydrogen) atoms. The average Bonchev–Trinajstić information content (AvgIpc) is 3.69. The molecule has 2 aliphatic rings. The number of carbonyl (C=O) groups excluding carboxylic acids is 4. The van der Waals surface area contributed by atoms with Gasteiger partial charge in [-0.2, -0.15) is 0 Å². The first kappa shape index (κ1) is 40.4. The molecule has 292 valence electrons. The molecule has 15 heteroatoms. The number of alkyl carbamates (subject to hydrolysis) is 1. The van der Waals surface area contributed by atoms with Gasteiger partial charge in [0.2, 0.25) is 17.7 Å². The van der Waals surface area contributed by atoms with Gasteiger partial charge < -0.3 is 40.2 Å². The first-order valence-electron chi connectivity index (χ1n) is 18.2. The van der Waals surface area contributed by atoms with Crippen molar-refractivity contribution in [1.29, 1.82) is 0 Å². The predicted molar refractivity (Wildman–Crippen MR) is 203 cm³/mol. The third kappa shape index (κ3) is 10.7. The summed E-state index contributed by atoms with van der Waals surface area (Å²) < 4.78 is 16.8. The Morgan fingerprint density at radius 2 is 1.69 bits per heavy atom. The molecule has 0 unspecified atom stereocenters. The molecule has 1 saturated heterocycles. The van der Waals surface area contributed by atoms with Crippen molar-refractivity contribution in [3.05, 3.63) is 59.4 Å². The maximum atomic E-state index is 14.0. The number of nitrogens with zero attached hydrogens (tertiary/aromatic N) is 3. The number of aliphatic hydroxyl groups is 1. The van der Waals surface area contributed by atoms with E-state index < -0.39 is 47.1 Å². The van der Waals surface area contributed by atoms with E-state index in [1.54, 1.807) is 23.5 Å². The number of β-amino-alcohol motifs (C(OH)–C–C–N with tert-alkyl or cyclic N) is 1. The van der Waals surface area contributed by atoms with Crippen LogP contribution in [0.2, 0.25) is 0 Å². The molecular weight excluding hydrogens is 713 g/mol. The van der Waals surface area contributed by atoms with Crippen LogP contribution in [0.15, 0.2) is 48.1 Å². The summed E-state index contributed by atoms with van der Waals surface area (Å²) in [6, 6.07) is 8.86. The third-order valence-electron chi connectivity index (χ3n) is 9.24. The first-order valence-corrected chi connectivity index (χ1v) is 19.1. The smallest absolute Gasteiger partial charge is 0.407 e. The summed E-state index contributed by atoms with van der Waals surface area (Å²) in [6.07, 6.45) is 1.31. The SMILES string of the molecule is Cc1ncsc1-c1ccc([C@H](C)NC(=O)[C@@H]2C[C@@H](O)CN2C(=O)[C@@H](NC(=O)COc2ccc(O[C@H]3C[C@@H](NC(=O)OC(C)(C)C)C3)nc2)C(C)(C)C)cc1. The van der Waals surface area contributed by atoms with Gasteiger partial charge in [-0.15, -0.1) is 11.3 Å². The normalized spacial score (nSPS) is 20.9. The van der Waals surface area contributed by atoms with Gasteiger partial charge in [0.05, 0.1) is 34.4 Å². The van der Waals surface area contributed by atoms with E-state index >= 15 is 0 Å². The zero-order valence-electron chi connectivity index (χ0n) is 32.2. The number of carbonyl (C=O) groups is 4. The first-order chi connectivity index (χ1) is 25.4. The number of ether oxygens (including phenoxy) is 3. The number of aryl methyl sites for hydroxylation is 1. The highest BCUT2D eigenvalue weighted by atomic mass is 32.1. The van der Waals surface area contributed by atoms with Crippen molar-refractivity contribution in [3.63, 3.8) is 0 Å². The fourth-order valence-electron chi connectivity index (χ4n) is 6.31. The lowest BCUT2D eigenvalue weighted by Crippen LogP contribution is -2.58. The minimum Gasteiger partial charge on any atom is -0.482 e. The van der Waals surface area contributed by atoms with Crippen LogP contribution in [0.3, 0.4) is 0 Å². The largest absolute Gasteiger partial charge is 0.482 e. The van der Waals surface area contributed by atoms with Crippen LogP contribution in [-0.4, -0.2) is 92.9 Å². The lowest BCUT2D eigenvalue weighted by Gasteiger charge is -2.35. The van der Waals surface area contributed by atoms with Crippen molar-refractivity contribution >= 4 is 35.2 Å². The minimum absolute atomic E-state index is 0.0327. The Morgan fingerprint density at radius 1 is 0.981 bits per heavy atom. The lowest BCUT2D eigenvalue weighted by atomic mass is 9.85. The van der Waals surface area contributed by atoms with Gasteiger partial charge in [0.1, 0.15) is 29.5 Å². The van der Waals surface area contributed by atoms with Crippen LogP contribution >= 0.6 is 11.3 Å². The van der Waals surface area contributed by atoms with Crippen molar-refractivity contribution in [2.24, 2.45) is 5.41 Å². The Hall–Kier alpha value is -4.76. The van der Waals surface area contributed by atoms with E-state index in [2.05, 4.69) is 25.9 Å². The van der Waals surface area contributed by atoms with Crippen molar-refractivity contribution in [2.75, 3.05) is 13.2 Å². The number of likely N-dealkylation sites (tertiary alicyclic amines) is 1. The second kappa shape index (κ2) is 16.7. The molecule has 0 spiro atoms. The van der Waals surface area contributed by atoms with E-state index in [0.717, 1.165) is 21.7 Å². The molecule has 3 aromatic rings. The molecule has 4 atom stereocenters. The maximum absolute atomic E-state index is 14.0. The zero-order chi connectivity index (χ0) is 39.4. The molecule has 1 aliphatic carbocycles. The van der Waals surface area contributed by atoms with Crippen LogP contribution in [0, 0.1) is 12.3 Å². The molecule has 0 radical (unpaired) electrons. The molecule has 2 fully saturated rings. The highest BCUT2D eigenvalue weighted by molar-refractivity contribution is 7.13. The lowest BCUT2D eigenvalue weighted by molar-refractivity contribution is -0.144. The van der Waals surface area contributed by atoms with Crippen LogP contribution in [0.25, 0.3) is 10.4 Å². The van der Waals surface area contributed by atoms with Crippen molar-refractivity contribution in [3.8, 4) is 22.1 Å². The molecule has 2 aromatic heterocycles. The van der Waals surface area contributed by atoms with Crippen LogP contribution in [0.5, 0.6) is 11.6 Å². The van der Waals surface area contributed by atoms with Crippen LogP contribution in [0.1, 0.15) is 85.0 Å². The Kier molecular flexibility index (Phi) is 12.5. The molecule has 4 N–H and O–H groups in total. The highest BCUT2D eigenvalue weighted by Crippen LogP contribution is 2.30. The molecular formula is C39H52N6O8S. The Bertz CT molecular complexity index is 1780. The highest BCUT2D eigenvalue weighted by Gasteiger charge is 2.45. The molecule has 4 amide bonds. The summed E-state index contributed by atoms with van der Waals surface area (Å²) in [7, 11) is 0. The Morgan fingerprint density at radius 3 is 2.28 bits per heavy atom. The summed E-state index contributed by atoms with van der Waals surface area (Å²) in [5.41, 5.74) is 3.41. The van der Waals surface area contributed by atoms with E-state index in [4.69, 9.17) is 14.2 Å². The van der Waals surface area contributed by atoms with Crippen molar-refractivity contribution < 1.29 is 38.5 Å². The molecule has 14 nitrogen and oxygen atoms in total. The Balaban J connectivity index is 1.11. The number of hydrogen-bond donors (Lipinski definition) is 4. The number of aromatic nitrogens is 2. The predicted octanol–water partition coefficient (Wildman–Crippen LogP) is 4.70. The van der Waals surface area contributed by atoms with Gasteiger partial charge in [-0.3, -0.25) is 14.4 Å². The quantitative estimate of drug-likeness (QED) is 0.202. The van der Waals surface area contributed by atoms with E-state index in [-0.39, 0.29) is 43.7 Å². The number of hydrogen-bond acceptors (Lipinski definition) is 11. The number of pyridine rings is 1. The summed E-state index contributed by atoms with van der Waals surface area (Å²) in [6.45, 7) is 14.3. The molecule has 1 aromatic carbocycles. The van der Waals surface area contributed by atoms with Gasteiger partial charge in [-0.1, -0.05) is 45.0 Å². The second-order valence-electron chi connectivity index (χ2n) is 16.1. The second-order valence-corrected chi connectivity index (χ2v) is 16.9. The van der Waals surface area contributed by atoms with Gasteiger partial charge in [0, 0.05) is 37.9 Å². The van der Waals surface area contributed by atoms with E-state index in [0.29, 0.717) is 24.5 Å². The molecule has 0 bridgehead atoms. The van der Waals surface area contributed by atoms with Gasteiger partial charge in [0.15, 0.2) is 6.61 Å². The minimum atomic E-state index is -1.00. The molecule has 1 aliphatic heterocycles. The van der Waals surface area contributed by atoms with Gasteiger partial charge in [-0.05, 0) is 57.2 Å². The van der Waals surface area contributed by atoms with Gasteiger partial charge in [0.25, 0.3) is 5.91 Å². The number of nitrogens with one attached hydrogen (secondary N) is 3. The summed E-state index contributed by atoms with van der Waals surface area (Å²) in [5.74, 6) is -0.672. The third-order valence-corrected chi connectivity index (χ3v) is 10.2. The summed E-state index contributed by atoms with van der Waals surface area (Å²) >= 11 is 1.57. The van der Waals surface area contributed by atoms with Crippen LogP contribution in [-0.2, 0) is 19.1 Å². The zero-order valence-corrected chi connectivity index (χ0v) is 33.0. The fourth-order valence-corrected chi connectivity index (χ4v) is 7.13. The number of thiazole rings is 1. The molecule has 5 rings (SSSR count). The maximum Gasteiger partial charge on any atom is 0.407 e. The topological polar surface area (TPSA) is 181 Å². The van der Waals surface area contributed by atoms with E-state index in [1.807, 2.05) is 85.2 Å². The number of aliphatic hydroxyl groups excluding tert-OH is 1. The average molecular weight is 765 g/mol. The van der Waals surface area contributed by atoms with Crippen LogP contribution < -0.4 is 25.4 Å². The van der Waals surface area contributed by atoms with E-state index in [9.17, 15) is 24.3 Å². The summed E-state index contributed by atoms with van der Waals surface area (Å²) in [5, 5.41) is 19.2. The fraction of sp³-hybridized carbons (Fsp3) is 0.538. The number of rotatable bonds is 12. The number of amides is 4. The monoisotopic (exact) mass is 764 g/mol.